The molecule has 16 heavy (non-hydrogen) atoms. The maximum absolute atomic E-state index is 4.66. The summed E-state index contributed by atoms with van der Waals surface area (Å²) in [6.45, 7) is 5.21. The van der Waals surface area contributed by atoms with Crippen molar-refractivity contribution in [2.75, 3.05) is 5.75 Å². The van der Waals surface area contributed by atoms with Crippen molar-refractivity contribution in [3.8, 4) is 0 Å². The van der Waals surface area contributed by atoms with Crippen LogP contribution in [-0.2, 0) is 6.54 Å². The van der Waals surface area contributed by atoms with Gasteiger partial charge >= 0.3 is 0 Å². The van der Waals surface area contributed by atoms with Crippen LogP contribution >= 0.6 is 23.1 Å². The highest BCUT2D eigenvalue weighted by Crippen LogP contribution is 2.19. The molecule has 0 amide bonds. The van der Waals surface area contributed by atoms with E-state index in [1.807, 2.05) is 11.8 Å². The van der Waals surface area contributed by atoms with Crippen molar-refractivity contribution in [1.82, 2.24) is 5.32 Å². The minimum atomic E-state index is 0.629. The van der Waals surface area contributed by atoms with Crippen molar-refractivity contribution in [3.05, 3.63) is 21.9 Å². The number of nitrogens with one attached hydrogen (secondary N) is 1. The second kappa shape index (κ2) is 5.73. The number of nitrogens with zero attached hydrogens (tertiary/aromatic N) is 1. The summed E-state index contributed by atoms with van der Waals surface area (Å²) < 4.78 is 0. The SMILES string of the molecule is CCC1CCSC(=NCc2sccc2C)N1. The molecule has 0 spiro atoms. The standard InChI is InChI=1S/C12H18N2S2/c1-3-10-5-7-16-12(14-10)13-8-11-9(2)4-6-15-11/h4,6,10H,3,5,7-8H2,1-2H3,(H,13,14). The van der Waals surface area contributed by atoms with Crippen LogP contribution in [0.2, 0.25) is 0 Å². The smallest absolute Gasteiger partial charge is 0.157 e. The van der Waals surface area contributed by atoms with Crippen molar-refractivity contribution in [2.45, 2.75) is 39.3 Å². The number of aliphatic imine (C=N–C) groups is 1. The lowest BCUT2D eigenvalue weighted by Crippen LogP contribution is -2.37. The summed E-state index contributed by atoms with van der Waals surface area (Å²) >= 11 is 3.65. The lowest BCUT2D eigenvalue weighted by atomic mass is 10.2. The Hall–Kier alpha value is -0.480. The van der Waals surface area contributed by atoms with Gasteiger partial charge in [0.2, 0.25) is 0 Å². The van der Waals surface area contributed by atoms with E-state index in [9.17, 15) is 0 Å². The van der Waals surface area contributed by atoms with Gasteiger partial charge in [0.05, 0.1) is 6.54 Å². The van der Waals surface area contributed by atoms with Gasteiger partial charge in [-0.15, -0.1) is 11.3 Å². The number of thioether (sulfide) groups is 1. The summed E-state index contributed by atoms with van der Waals surface area (Å²) in [6.07, 6.45) is 2.45. The van der Waals surface area contributed by atoms with Crippen molar-refractivity contribution >= 4 is 28.3 Å². The minimum absolute atomic E-state index is 0.629. The zero-order chi connectivity index (χ0) is 11.4. The summed E-state index contributed by atoms with van der Waals surface area (Å²) in [4.78, 5) is 6.05. The molecule has 0 aliphatic carbocycles. The Morgan fingerprint density at radius 2 is 2.44 bits per heavy atom. The highest BCUT2D eigenvalue weighted by atomic mass is 32.2. The second-order valence-corrected chi connectivity index (χ2v) is 6.12. The molecule has 0 bridgehead atoms. The maximum atomic E-state index is 4.66. The van der Waals surface area contributed by atoms with Crippen molar-refractivity contribution in [3.63, 3.8) is 0 Å². The van der Waals surface area contributed by atoms with Gasteiger partial charge in [0.15, 0.2) is 5.17 Å². The third-order valence-corrected chi connectivity index (χ3v) is 4.83. The third kappa shape index (κ3) is 3.01. The van der Waals surface area contributed by atoms with Crippen molar-refractivity contribution in [2.24, 2.45) is 4.99 Å². The number of hydrogen-bond donors (Lipinski definition) is 1. The molecule has 1 unspecified atom stereocenters. The van der Waals surface area contributed by atoms with Crippen molar-refractivity contribution in [1.29, 1.82) is 0 Å². The minimum Gasteiger partial charge on any atom is -0.362 e. The van der Waals surface area contributed by atoms with Gasteiger partial charge in [-0.25, -0.2) is 0 Å². The Bertz CT molecular complexity index is 371. The first-order valence-electron chi connectivity index (χ1n) is 5.76. The molecule has 0 radical (unpaired) electrons. The fourth-order valence-electron chi connectivity index (χ4n) is 1.69. The van der Waals surface area contributed by atoms with E-state index in [2.05, 4.69) is 35.6 Å². The molecule has 2 nitrogen and oxygen atoms in total. The van der Waals surface area contributed by atoms with E-state index in [0.717, 1.165) is 11.7 Å². The molecule has 1 atom stereocenters. The van der Waals surface area contributed by atoms with Gasteiger partial charge in [0, 0.05) is 16.7 Å². The van der Waals surface area contributed by atoms with Gasteiger partial charge in [-0.1, -0.05) is 18.7 Å². The summed E-state index contributed by atoms with van der Waals surface area (Å²) in [5.74, 6) is 1.20. The first-order valence-corrected chi connectivity index (χ1v) is 7.63. The third-order valence-electron chi connectivity index (χ3n) is 2.86. The van der Waals surface area contributed by atoms with E-state index < -0.39 is 0 Å². The van der Waals surface area contributed by atoms with Crippen LogP contribution in [0.5, 0.6) is 0 Å². The summed E-state index contributed by atoms with van der Waals surface area (Å²) in [6, 6.07) is 2.79. The Morgan fingerprint density at radius 1 is 1.56 bits per heavy atom. The molecule has 1 aromatic heterocycles. The molecule has 1 N–H and O–H groups in total. The monoisotopic (exact) mass is 254 g/mol. The van der Waals surface area contributed by atoms with Gasteiger partial charge in [0.1, 0.15) is 0 Å². The zero-order valence-electron chi connectivity index (χ0n) is 9.82. The van der Waals surface area contributed by atoms with Gasteiger partial charge < -0.3 is 5.32 Å². The Kier molecular flexibility index (Phi) is 4.29. The molecule has 1 saturated heterocycles. The van der Waals surface area contributed by atoms with Crippen LogP contribution in [0.4, 0.5) is 0 Å². The fraction of sp³-hybridized carbons (Fsp3) is 0.583. The molecule has 88 valence electrons. The average molecular weight is 254 g/mol. The molecule has 0 aromatic carbocycles. The Balaban J connectivity index is 1.94. The molecule has 1 aliphatic rings. The summed E-state index contributed by atoms with van der Waals surface area (Å²) in [7, 11) is 0. The van der Waals surface area contributed by atoms with Crippen LogP contribution in [0, 0.1) is 6.92 Å². The van der Waals surface area contributed by atoms with Gasteiger partial charge in [0.25, 0.3) is 0 Å². The largest absolute Gasteiger partial charge is 0.362 e. The van der Waals surface area contributed by atoms with Gasteiger partial charge in [-0.2, -0.15) is 0 Å². The lowest BCUT2D eigenvalue weighted by molar-refractivity contribution is 0.570. The molecule has 1 aromatic rings. The zero-order valence-corrected chi connectivity index (χ0v) is 11.5. The molecule has 0 saturated carbocycles. The number of rotatable bonds is 3. The van der Waals surface area contributed by atoms with Gasteiger partial charge in [-0.3, -0.25) is 4.99 Å². The topological polar surface area (TPSA) is 24.4 Å². The lowest BCUT2D eigenvalue weighted by Gasteiger charge is -2.24. The maximum Gasteiger partial charge on any atom is 0.157 e. The van der Waals surface area contributed by atoms with Crippen LogP contribution in [0.25, 0.3) is 0 Å². The van der Waals surface area contributed by atoms with Crippen LogP contribution in [0.1, 0.15) is 30.2 Å². The molecule has 2 heterocycles. The number of hydrogen-bond acceptors (Lipinski definition) is 3. The number of amidine groups is 1. The first kappa shape index (κ1) is 12.0. The Labute approximate surface area is 106 Å². The predicted octanol–water partition coefficient (Wildman–Crippen LogP) is 3.42. The van der Waals surface area contributed by atoms with E-state index in [4.69, 9.17) is 0 Å². The van der Waals surface area contributed by atoms with Crippen LogP contribution in [0.15, 0.2) is 16.4 Å². The molecular formula is C12H18N2S2. The Morgan fingerprint density at radius 3 is 3.12 bits per heavy atom. The highest BCUT2D eigenvalue weighted by molar-refractivity contribution is 8.13. The molecular weight excluding hydrogens is 236 g/mol. The molecule has 1 aliphatic heterocycles. The summed E-state index contributed by atoms with van der Waals surface area (Å²) in [5, 5.41) is 6.77. The predicted molar refractivity (Wildman–Crippen MR) is 74.5 cm³/mol. The first-order chi connectivity index (χ1) is 7.79. The quantitative estimate of drug-likeness (QED) is 0.894. The van der Waals surface area contributed by atoms with E-state index >= 15 is 0 Å². The van der Waals surface area contributed by atoms with E-state index in [0.29, 0.717) is 6.04 Å². The van der Waals surface area contributed by atoms with Crippen LogP contribution in [0.3, 0.4) is 0 Å². The number of thiophene rings is 1. The van der Waals surface area contributed by atoms with E-state index in [1.165, 1.54) is 29.0 Å². The number of aryl methyl sites for hydroxylation is 1. The molecule has 1 fully saturated rings. The van der Waals surface area contributed by atoms with Gasteiger partial charge in [-0.05, 0) is 36.8 Å². The van der Waals surface area contributed by atoms with Crippen LogP contribution in [-0.4, -0.2) is 17.0 Å². The molecule has 4 heteroatoms. The van der Waals surface area contributed by atoms with E-state index in [1.54, 1.807) is 11.3 Å². The average Bonchev–Trinajstić information content (AvgIpc) is 2.72. The fourth-order valence-corrected chi connectivity index (χ4v) is 3.52. The van der Waals surface area contributed by atoms with E-state index in [-0.39, 0.29) is 0 Å². The highest BCUT2D eigenvalue weighted by Gasteiger charge is 2.15. The normalized spacial score (nSPS) is 23.4. The van der Waals surface area contributed by atoms with Crippen LogP contribution < -0.4 is 5.32 Å². The summed E-state index contributed by atoms with van der Waals surface area (Å²) in [5.41, 5.74) is 1.36. The van der Waals surface area contributed by atoms with Crippen molar-refractivity contribution < 1.29 is 0 Å². The molecule has 2 rings (SSSR count). The second-order valence-electron chi connectivity index (χ2n) is 4.03.